The fourth-order valence-corrected chi connectivity index (χ4v) is 3.19. The molecule has 1 aromatic rings. The average Bonchev–Trinajstić information content (AvgIpc) is 2.72. The van der Waals surface area contributed by atoms with E-state index >= 15 is 0 Å². The van der Waals surface area contributed by atoms with Crippen LogP contribution in [-0.2, 0) is 14.3 Å². The molecule has 0 aromatic heterocycles. The van der Waals surface area contributed by atoms with E-state index in [2.05, 4.69) is 20.7 Å². The Morgan fingerprint density at radius 1 is 1.33 bits per heavy atom. The Morgan fingerprint density at radius 3 is 2.52 bits per heavy atom. The number of ether oxygens (including phenoxy) is 2. The van der Waals surface area contributed by atoms with Crippen LogP contribution in [0.4, 0.5) is 10.5 Å². The zero-order valence-electron chi connectivity index (χ0n) is 18.2. The van der Waals surface area contributed by atoms with E-state index in [-0.39, 0.29) is 39.9 Å². The van der Waals surface area contributed by atoms with Crippen LogP contribution in [0.1, 0.15) is 20.8 Å². The number of anilines is 1. The summed E-state index contributed by atoms with van der Waals surface area (Å²) >= 11 is 12.6. The molecule has 13 heteroatoms. The fourth-order valence-electron chi connectivity index (χ4n) is 2.63. The second-order valence-electron chi connectivity index (χ2n) is 7.04. The van der Waals surface area contributed by atoms with Crippen molar-refractivity contribution in [2.24, 2.45) is 16.9 Å². The van der Waals surface area contributed by atoms with Gasteiger partial charge in [-0.15, -0.1) is 0 Å². The minimum absolute atomic E-state index is 0.0445. The maximum Gasteiger partial charge on any atom is 0.414 e. The first-order valence-corrected chi connectivity index (χ1v) is 10.5. The van der Waals surface area contributed by atoms with Crippen LogP contribution >= 0.6 is 23.2 Å². The fraction of sp³-hybridized carbons (Fsp3) is 0.350. The number of nitriles is 1. The summed E-state index contributed by atoms with van der Waals surface area (Å²) in [6.45, 7) is 5.44. The lowest BCUT2D eigenvalue weighted by Crippen LogP contribution is -2.48. The number of hydrogen-bond acceptors (Lipinski definition) is 9. The number of imide groups is 1. The predicted octanol–water partition coefficient (Wildman–Crippen LogP) is 3.03. The molecule has 3 N–H and O–H groups in total. The maximum atomic E-state index is 12.1. The summed E-state index contributed by atoms with van der Waals surface area (Å²) in [6, 6.07) is 4.38. The normalized spacial score (nSPS) is 15.9. The minimum atomic E-state index is -1.05. The van der Waals surface area contributed by atoms with Crippen molar-refractivity contribution in [1.82, 2.24) is 15.8 Å². The van der Waals surface area contributed by atoms with E-state index in [0.717, 1.165) is 0 Å². The third-order valence-electron chi connectivity index (χ3n) is 4.27. The van der Waals surface area contributed by atoms with Crippen LogP contribution in [0.3, 0.4) is 0 Å². The molecular weight excluding hydrogens is 475 g/mol. The molecule has 1 aliphatic heterocycles. The van der Waals surface area contributed by atoms with Crippen molar-refractivity contribution in [3.8, 4) is 11.8 Å². The van der Waals surface area contributed by atoms with Gasteiger partial charge in [-0.05, 0) is 31.1 Å². The molecule has 3 amide bonds. The first-order valence-electron chi connectivity index (χ1n) is 9.72. The summed E-state index contributed by atoms with van der Waals surface area (Å²) in [5.41, 5.74) is 4.78. The van der Waals surface area contributed by atoms with E-state index in [1.54, 1.807) is 26.1 Å². The van der Waals surface area contributed by atoms with Crippen molar-refractivity contribution in [3.05, 3.63) is 34.1 Å². The Balaban J connectivity index is 2.20. The number of halogens is 2. The van der Waals surface area contributed by atoms with E-state index < -0.39 is 23.6 Å². The SMILES string of the molecule is CCOC(=O)NC(=O)C(C#N)=NNc1cc(Cl)c(OC2=CC(C(C)C)C(=O)NN2C)c(Cl)c1. The van der Waals surface area contributed by atoms with E-state index in [4.69, 9.17) is 33.2 Å². The number of hydrazone groups is 1. The molecule has 0 saturated carbocycles. The molecule has 1 unspecified atom stereocenters. The van der Waals surface area contributed by atoms with Gasteiger partial charge in [-0.2, -0.15) is 10.4 Å². The highest BCUT2D eigenvalue weighted by Crippen LogP contribution is 2.38. The quantitative estimate of drug-likeness (QED) is 0.385. The molecular formula is C20H22Cl2N6O5. The van der Waals surface area contributed by atoms with Gasteiger partial charge in [-0.3, -0.25) is 30.8 Å². The first-order chi connectivity index (χ1) is 15.6. The van der Waals surface area contributed by atoms with Crippen molar-refractivity contribution in [2.75, 3.05) is 19.1 Å². The van der Waals surface area contributed by atoms with Gasteiger partial charge < -0.3 is 9.47 Å². The lowest BCUT2D eigenvalue weighted by molar-refractivity contribution is -0.130. The monoisotopic (exact) mass is 496 g/mol. The molecule has 1 heterocycles. The van der Waals surface area contributed by atoms with Crippen LogP contribution in [0.25, 0.3) is 0 Å². The van der Waals surface area contributed by atoms with Gasteiger partial charge >= 0.3 is 6.09 Å². The highest BCUT2D eigenvalue weighted by molar-refractivity contribution is 6.47. The summed E-state index contributed by atoms with van der Waals surface area (Å²) in [7, 11) is 1.61. The molecule has 0 bridgehead atoms. The summed E-state index contributed by atoms with van der Waals surface area (Å²) < 4.78 is 10.4. The Hall–Kier alpha value is -3.49. The Labute approximate surface area is 200 Å². The van der Waals surface area contributed by atoms with Crippen molar-refractivity contribution >= 4 is 52.5 Å². The van der Waals surface area contributed by atoms with Crippen molar-refractivity contribution in [2.45, 2.75) is 20.8 Å². The smallest absolute Gasteiger partial charge is 0.414 e. The van der Waals surface area contributed by atoms with Gasteiger partial charge in [0.2, 0.25) is 17.5 Å². The summed E-state index contributed by atoms with van der Waals surface area (Å²) in [5, 5.41) is 16.2. The van der Waals surface area contributed by atoms with Crippen LogP contribution in [-0.4, -0.2) is 42.3 Å². The van der Waals surface area contributed by atoms with Crippen LogP contribution in [0.2, 0.25) is 10.0 Å². The largest absolute Gasteiger partial charge is 0.450 e. The number of carbonyl (C=O) groups is 3. The Bertz CT molecular complexity index is 1030. The number of benzene rings is 1. The van der Waals surface area contributed by atoms with E-state index in [1.165, 1.54) is 17.1 Å². The molecule has 0 radical (unpaired) electrons. The Kier molecular flexibility index (Phi) is 8.90. The highest BCUT2D eigenvalue weighted by Gasteiger charge is 2.29. The summed E-state index contributed by atoms with van der Waals surface area (Å²) in [4.78, 5) is 35.3. The second kappa shape index (κ2) is 11.4. The molecule has 33 heavy (non-hydrogen) atoms. The van der Waals surface area contributed by atoms with Crippen LogP contribution in [0.5, 0.6) is 5.75 Å². The predicted molar refractivity (Wildman–Crippen MR) is 121 cm³/mol. The average molecular weight is 497 g/mol. The molecule has 1 aromatic carbocycles. The van der Waals surface area contributed by atoms with Crippen molar-refractivity contribution < 1.29 is 23.9 Å². The maximum absolute atomic E-state index is 12.1. The standard InChI is InChI=1S/C20H22Cl2N6O5/c1-5-32-20(31)24-19(30)15(9-23)26-25-11-6-13(21)17(14(22)7-11)33-16-8-12(10(2)3)18(29)27-28(16)4/h6-8,10,12,25H,5H2,1-4H3,(H,27,29)(H,24,30,31). The van der Waals surface area contributed by atoms with Gasteiger partial charge in [0.15, 0.2) is 5.75 Å². The molecule has 0 spiro atoms. The van der Waals surface area contributed by atoms with Crippen molar-refractivity contribution in [1.29, 1.82) is 5.26 Å². The number of carbonyl (C=O) groups excluding carboxylic acids is 3. The molecule has 2 rings (SSSR count). The van der Waals surface area contributed by atoms with Crippen molar-refractivity contribution in [3.63, 3.8) is 0 Å². The topological polar surface area (TPSA) is 145 Å². The van der Waals surface area contributed by atoms with E-state index in [0.29, 0.717) is 5.88 Å². The van der Waals surface area contributed by atoms with Crippen LogP contribution in [0, 0.1) is 23.2 Å². The van der Waals surface area contributed by atoms with Gasteiger partial charge in [0.05, 0.1) is 28.3 Å². The van der Waals surface area contributed by atoms with E-state index in [1.807, 2.05) is 19.2 Å². The van der Waals surface area contributed by atoms with Gasteiger partial charge in [0.25, 0.3) is 5.91 Å². The number of alkyl carbamates (subject to hydrolysis) is 1. The first kappa shape index (κ1) is 25.8. The molecule has 0 saturated heterocycles. The summed E-state index contributed by atoms with van der Waals surface area (Å²) in [6.07, 6.45) is 0.671. The molecule has 0 fully saturated rings. The molecule has 0 aliphatic carbocycles. The second-order valence-corrected chi connectivity index (χ2v) is 7.85. The lowest BCUT2D eigenvalue weighted by Gasteiger charge is -2.31. The van der Waals surface area contributed by atoms with Gasteiger partial charge in [-0.25, -0.2) is 4.79 Å². The zero-order chi connectivity index (χ0) is 24.7. The van der Waals surface area contributed by atoms with Gasteiger partial charge in [-0.1, -0.05) is 37.0 Å². The third-order valence-corrected chi connectivity index (χ3v) is 4.83. The van der Waals surface area contributed by atoms with Gasteiger partial charge in [0, 0.05) is 7.05 Å². The molecule has 11 nitrogen and oxygen atoms in total. The number of hydrogen-bond donors (Lipinski definition) is 3. The highest BCUT2D eigenvalue weighted by atomic mass is 35.5. The lowest BCUT2D eigenvalue weighted by atomic mass is 9.94. The van der Waals surface area contributed by atoms with E-state index in [9.17, 15) is 14.4 Å². The van der Waals surface area contributed by atoms with Gasteiger partial charge in [0.1, 0.15) is 6.07 Å². The Morgan fingerprint density at radius 2 is 1.97 bits per heavy atom. The number of amides is 3. The molecule has 1 atom stereocenters. The van der Waals surface area contributed by atoms with Crippen LogP contribution < -0.4 is 20.9 Å². The third kappa shape index (κ3) is 6.74. The number of nitrogens with one attached hydrogen (secondary N) is 3. The minimum Gasteiger partial charge on any atom is -0.450 e. The zero-order valence-corrected chi connectivity index (χ0v) is 19.7. The number of nitrogens with zero attached hydrogens (tertiary/aromatic N) is 3. The number of rotatable bonds is 7. The molecule has 1 aliphatic rings. The molecule has 176 valence electrons. The number of hydrazine groups is 1. The summed E-state index contributed by atoms with van der Waals surface area (Å²) in [5.74, 6) is -1.09. The van der Waals surface area contributed by atoms with Crippen LogP contribution in [0.15, 0.2) is 29.2 Å².